The van der Waals surface area contributed by atoms with E-state index in [-0.39, 0.29) is 34.9 Å². The van der Waals surface area contributed by atoms with Crippen LogP contribution in [0, 0.1) is 11.3 Å². The van der Waals surface area contributed by atoms with Gasteiger partial charge in [0.05, 0.1) is 6.10 Å². The van der Waals surface area contributed by atoms with Gasteiger partial charge in [0.2, 0.25) is 0 Å². The van der Waals surface area contributed by atoms with Crippen molar-refractivity contribution >= 4 is 29.9 Å². The van der Waals surface area contributed by atoms with E-state index in [9.17, 15) is 0 Å². The van der Waals surface area contributed by atoms with E-state index in [1.165, 1.54) is 0 Å². The maximum absolute atomic E-state index is 5.81. The predicted molar refractivity (Wildman–Crippen MR) is 90.2 cm³/mol. The molecule has 0 aromatic heterocycles. The molecule has 0 radical (unpaired) electrons. The van der Waals surface area contributed by atoms with Gasteiger partial charge >= 0.3 is 0 Å². The highest BCUT2D eigenvalue weighted by atomic mass is 127. The minimum Gasteiger partial charge on any atom is -0.377 e. The molecule has 19 heavy (non-hydrogen) atoms. The second-order valence-electron chi connectivity index (χ2n) is 7.13. The molecule has 5 heteroatoms. The van der Waals surface area contributed by atoms with Gasteiger partial charge in [0, 0.05) is 36.6 Å². The summed E-state index contributed by atoms with van der Waals surface area (Å²) in [6, 6.07) is 0.457. The molecule has 2 aliphatic rings. The first-order chi connectivity index (χ1) is 8.25. The van der Waals surface area contributed by atoms with Crippen LogP contribution in [0.5, 0.6) is 0 Å². The molecular weight excluding hydrogens is 353 g/mol. The van der Waals surface area contributed by atoms with Gasteiger partial charge in [-0.3, -0.25) is 4.99 Å². The summed E-state index contributed by atoms with van der Waals surface area (Å²) in [6.07, 6.45) is 1.58. The van der Waals surface area contributed by atoms with Gasteiger partial charge in [0.1, 0.15) is 0 Å². The molecule has 4 nitrogen and oxygen atoms in total. The lowest BCUT2D eigenvalue weighted by atomic mass is 9.57. The van der Waals surface area contributed by atoms with Gasteiger partial charge in [-0.1, -0.05) is 13.8 Å². The van der Waals surface area contributed by atoms with Crippen LogP contribution in [-0.4, -0.2) is 37.3 Å². The summed E-state index contributed by atoms with van der Waals surface area (Å²) < 4.78 is 5.81. The first-order valence-electron chi connectivity index (χ1n) is 6.89. The molecule has 0 amide bonds. The SMILES string of the molecule is CN=C(NC1C2CCOC2C1(C)C)NC(C)(C)C.I. The molecule has 2 N–H and O–H groups in total. The van der Waals surface area contributed by atoms with Crippen LogP contribution in [-0.2, 0) is 4.74 Å². The Morgan fingerprint density at radius 2 is 1.95 bits per heavy atom. The third-order valence-corrected chi connectivity index (χ3v) is 4.11. The van der Waals surface area contributed by atoms with Crippen LogP contribution < -0.4 is 10.6 Å². The molecule has 1 heterocycles. The molecule has 3 atom stereocenters. The van der Waals surface area contributed by atoms with E-state index in [0.29, 0.717) is 18.1 Å². The lowest BCUT2D eigenvalue weighted by molar-refractivity contribution is -0.106. The maximum Gasteiger partial charge on any atom is 0.191 e. The van der Waals surface area contributed by atoms with E-state index in [1.807, 2.05) is 7.05 Å². The number of aliphatic imine (C=N–C) groups is 1. The molecule has 0 spiro atoms. The minimum absolute atomic E-state index is 0. The van der Waals surface area contributed by atoms with Crippen LogP contribution in [0.15, 0.2) is 4.99 Å². The molecule has 0 aromatic rings. The zero-order valence-corrected chi connectivity index (χ0v) is 15.2. The normalized spacial score (nSPS) is 32.9. The molecule has 0 bridgehead atoms. The number of nitrogens with zero attached hydrogens (tertiary/aromatic N) is 1. The average molecular weight is 381 g/mol. The smallest absolute Gasteiger partial charge is 0.191 e. The van der Waals surface area contributed by atoms with Crippen molar-refractivity contribution in [3.8, 4) is 0 Å². The molecule has 1 aliphatic carbocycles. The number of nitrogens with one attached hydrogen (secondary N) is 2. The molecular formula is C14H28IN3O. The van der Waals surface area contributed by atoms with Crippen LogP contribution in [0.1, 0.15) is 41.0 Å². The average Bonchev–Trinajstić information content (AvgIpc) is 2.68. The Labute approximate surface area is 134 Å². The fraction of sp³-hybridized carbons (Fsp3) is 0.929. The van der Waals surface area contributed by atoms with Crippen molar-refractivity contribution < 1.29 is 4.74 Å². The number of hydrogen-bond acceptors (Lipinski definition) is 2. The summed E-state index contributed by atoms with van der Waals surface area (Å²) in [6.45, 7) is 11.9. The quantitative estimate of drug-likeness (QED) is 0.417. The molecule has 112 valence electrons. The van der Waals surface area contributed by atoms with Crippen molar-refractivity contribution in [2.24, 2.45) is 16.3 Å². The van der Waals surface area contributed by atoms with Crippen molar-refractivity contribution in [2.45, 2.75) is 58.7 Å². The van der Waals surface area contributed by atoms with Gasteiger partial charge < -0.3 is 15.4 Å². The Balaban J connectivity index is 0.00000180. The highest BCUT2D eigenvalue weighted by Crippen LogP contribution is 2.52. The highest BCUT2D eigenvalue weighted by molar-refractivity contribution is 14.0. The van der Waals surface area contributed by atoms with Crippen molar-refractivity contribution in [1.82, 2.24) is 10.6 Å². The highest BCUT2D eigenvalue weighted by Gasteiger charge is 2.59. The minimum atomic E-state index is 0. The van der Waals surface area contributed by atoms with Crippen LogP contribution in [0.2, 0.25) is 0 Å². The van der Waals surface area contributed by atoms with Gasteiger partial charge in [0.25, 0.3) is 0 Å². The third kappa shape index (κ3) is 3.35. The molecule has 2 fully saturated rings. The van der Waals surface area contributed by atoms with Gasteiger partial charge in [-0.2, -0.15) is 0 Å². The number of rotatable bonds is 1. The standard InChI is InChI=1S/C14H27N3O.HI/c1-13(2,3)17-12(15-6)16-10-9-7-8-18-11(9)14(10,4)5;/h9-11H,7-8H2,1-6H3,(H2,15,16,17);1H. The second-order valence-corrected chi connectivity index (χ2v) is 7.13. The Morgan fingerprint density at radius 1 is 1.32 bits per heavy atom. The summed E-state index contributed by atoms with van der Waals surface area (Å²) in [5, 5.41) is 7.00. The number of guanidine groups is 1. The summed E-state index contributed by atoms with van der Waals surface area (Å²) in [4.78, 5) is 4.33. The van der Waals surface area contributed by atoms with E-state index in [4.69, 9.17) is 4.74 Å². The zero-order valence-electron chi connectivity index (χ0n) is 12.9. The Bertz CT molecular complexity index is 349. The second kappa shape index (κ2) is 5.76. The van der Waals surface area contributed by atoms with Gasteiger partial charge in [-0.25, -0.2) is 0 Å². The fourth-order valence-electron chi connectivity index (χ4n) is 3.28. The van der Waals surface area contributed by atoms with E-state index in [1.54, 1.807) is 0 Å². The van der Waals surface area contributed by atoms with Crippen molar-refractivity contribution in [2.75, 3.05) is 13.7 Å². The van der Waals surface area contributed by atoms with E-state index in [2.05, 4.69) is 50.2 Å². The van der Waals surface area contributed by atoms with Crippen LogP contribution >= 0.6 is 24.0 Å². The van der Waals surface area contributed by atoms with Crippen molar-refractivity contribution in [1.29, 1.82) is 0 Å². The van der Waals surface area contributed by atoms with E-state index in [0.717, 1.165) is 19.0 Å². The Hall–Kier alpha value is -0.0400. The first-order valence-corrected chi connectivity index (χ1v) is 6.89. The topological polar surface area (TPSA) is 45.7 Å². The largest absolute Gasteiger partial charge is 0.377 e. The van der Waals surface area contributed by atoms with Crippen LogP contribution in [0.4, 0.5) is 0 Å². The number of hydrogen-bond donors (Lipinski definition) is 2. The molecule has 0 aromatic carbocycles. The lowest BCUT2D eigenvalue weighted by Crippen LogP contribution is -2.68. The van der Waals surface area contributed by atoms with Crippen LogP contribution in [0.3, 0.4) is 0 Å². The predicted octanol–water partition coefficient (Wildman–Crippen LogP) is 2.38. The zero-order chi connectivity index (χ0) is 13.6. The van der Waals surface area contributed by atoms with Gasteiger partial charge in [-0.15, -0.1) is 24.0 Å². The summed E-state index contributed by atoms with van der Waals surface area (Å²) >= 11 is 0. The monoisotopic (exact) mass is 381 g/mol. The maximum atomic E-state index is 5.81. The third-order valence-electron chi connectivity index (χ3n) is 4.11. The Kier molecular flexibility index (Phi) is 5.15. The van der Waals surface area contributed by atoms with Gasteiger partial charge in [-0.05, 0) is 27.2 Å². The molecule has 3 unspecified atom stereocenters. The van der Waals surface area contributed by atoms with Gasteiger partial charge in [0.15, 0.2) is 5.96 Å². The van der Waals surface area contributed by atoms with Crippen molar-refractivity contribution in [3.63, 3.8) is 0 Å². The number of halogens is 1. The molecule has 1 saturated heterocycles. The molecule has 1 saturated carbocycles. The Morgan fingerprint density at radius 3 is 2.47 bits per heavy atom. The van der Waals surface area contributed by atoms with E-state index >= 15 is 0 Å². The van der Waals surface area contributed by atoms with Crippen LogP contribution in [0.25, 0.3) is 0 Å². The van der Waals surface area contributed by atoms with Crippen molar-refractivity contribution in [3.05, 3.63) is 0 Å². The molecule has 1 aliphatic heterocycles. The summed E-state index contributed by atoms with van der Waals surface area (Å²) in [7, 11) is 1.83. The van der Waals surface area contributed by atoms with E-state index < -0.39 is 0 Å². The summed E-state index contributed by atoms with van der Waals surface area (Å²) in [5.41, 5.74) is 0.220. The number of ether oxygens (including phenoxy) is 1. The lowest BCUT2D eigenvalue weighted by Gasteiger charge is -2.55. The number of fused-ring (bicyclic) bond motifs is 1. The molecule has 2 rings (SSSR count). The fourth-order valence-corrected chi connectivity index (χ4v) is 3.28. The first kappa shape index (κ1) is 17.0. The summed E-state index contributed by atoms with van der Waals surface area (Å²) in [5.74, 6) is 1.53.